The van der Waals surface area contributed by atoms with Crippen molar-refractivity contribution in [3.8, 4) is 0 Å². The number of amides is 1. The van der Waals surface area contributed by atoms with Gasteiger partial charge in [-0.1, -0.05) is 12.1 Å². The monoisotopic (exact) mass is 379 g/mol. The second-order valence-electron chi connectivity index (χ2n) is 6.40. The van der Waals surface area contributed by atoms with Crippen molar-refractivity contribution in [3.05, 3.63) is 83.7 Å². The summed E-state index contributed by atoms with van der Waals surface area (Å²) in [5.74, 6) is -0.0251. The summed E-state index contributed by atoms with van der Waals surface area (Å²) < 4.78 is 12.9. The van der Waals surface area contributed by atoms with Crippen LogP contribution in [0, 0.1) is 5.82 Å². The van der Waals surface area contributed by atoms with Gasteiger partial charge in [0.05, 0.1) is 0 Å². The third-order valence-corrected chi connectivity index (χ3v) is 4.31. The molecule has 1 amide bonds. The SMILES string of the molecule is CN(CCc1ccncc1)c1nccc(C(=O)NCCc2ccc(F)cc2)n1. The zero-order valence-electron chi connectivity index (χ0n) is 15.7. The number of nitrogens with one attached hydrogen (secondary N) is 1. The summed E-state index contributed by atoms with van der Waals surface area (Å²) in [7, 11) is 1.90. The Morgan fingerprint density at radius 3 is 2.46 bits per heavy atom. The standard InChI is InChI=1S/C21H22FN5O/c1-27(15-10-17-6-11-23-12-7-17)21-25-14-9-19(26-21)20(28)24-13-8-16-2-4-18(22)5-3-16/h2-7,9,11-12,14H,8,10,13,15H2,1H3,(H,24,28). The Labute approximate surface area is 163 Å². The van der Waals surface area contributed by atoms with E-state index in [0.29, 0.717) is 24.6 Å². The number of aromatic nitrogens is 3. The molecule has 28 heavy (non-hydrogen) atoms. The number of carbonyl (C=O) groups is 1. The van der Waals surface area contributed by atoms with Crippen LogP contribution in [0.5, 0.6) is 0 Å². The lowest BCUT2D eigenvalue weighted by Gasteiger charge is -2.17. The van der Waals surface area contributed by atoms with Gasteiger partial charge >= 0.3 is 0 Å². The average molecular weight is 379 g/mol. The van der Waals surface area contributed by atoms with Crippen LogP contribution in [0.1, 0.15) is 21.6 Å². The number of hydrogen-bond acceptors (Lipinski definition) is 5. The van der Waals surface area contributed by atoms with Crippen LogP contribution >= 0.6 is 0 Å². The lowest BCUT2D eigenvalue weighted by atomic mass is 10.1. The zero-order valence-corrected chi connectivity index (χ0v) is 15.7. The molecule has 0 aliphatic rings. The van der Waals surface area contributed by atoms with Crippen molar-refractivity contribution in [3.63, 3.8) is 0 Å². The zero-order chi connectivity index (χ0) is 19.8. The molecule has 6 nitrogen and oxygen atoms in total. The largest absolute Gasteiger partial charge is 0.350 e. The van der Waals surface area contributed by atoms with Crippen molar-refractivity contribution < 1.29 is 9.18 Å². The summed E-state index contributed by atoms with van der Waals surface area (Å²) in [6, 6.07) is 11.8. The van der Waals surface area contributed by atoms with Crippen LogP contribution in [0.15, 0.2) is 61.1 Å². The number of pyridine rings is 1. The van der Waals surface area contributed by atoms with E-state index < -0.39 is 0 Å². The van der Waals surface area contributed by atoms with Crippen molar-refractivity contribution in [2.45, 2.75) is 12.8 Å². The van der Waals surface area contributed by atoms with E-state index >= 15 is 0 Å². The molecule has 0 bridgehead atoms. The number of anilines is 1. The fourth-order valence-electron chi connectivity index (χ4n) is 2.67. The van der Waals surface area contributed by atoms with E-state index in [0.717, 1.165) is 18.5 Å². The van der Waals surface area contributed by atoms with Crippen molar-refractivity contribution in [1.82, 2.24) is 20.3 Å². The van der Waals surface area contributed by atoms with Crippen molar-refractivity contribution in [1.29, 1.82) is 0 Å². The van der Waals surface area contributed by atoms with Gasteiger partial charge in [0.1, 0.15) is 11.5 Å². The van der Waals surface area contributed by atoms with Crippen LogP contribution in [-0.4, -0.2) is 41.0 Å². The van der Waals surface area contributed by atoms with E-state index in [1.165, 1.54) is 17.7 Å². The molecule has 2 heterocycles. The summed E-state index contributed by atoms with van der Waals surface area (Å²) in [6.45, 7) is 1.17. The van der Waals surface area contributed by atoms with Crippen LogP contribution in [0.3, 0.4) is 0 Å². The second-order valence-corrected chi connectivity index (χ2v) is 6.40. The molecule has 7 heteroatoms. The summed E-state index contributed by atoms with van der Waals surface area (Å²) >= 11 is 0. The number of nitrogens with zero attached hydrogens (tertiary/aromatic N) is 4. The quantitative estimate of drug-likeness (QED) is 0.652. The van der Waals surface area contributed by atoms with Gasteiger partial charge in [-0.15, -0.1) is 0 Å². The highest BCUT2D eigenvalue weighted by atomic mass is 19.1. The molecular weight excluding hydrogens is 357 g/mol. The lowest BCUT2D eigenvalue weighted by Crippen LogP contribution is -2.28. The number of carbonyl (C=O) groups excluding carboxylic acids is 1. The number of likely N-dealkylation sites (N-methyl/N-ethyl adjacent to an activating group) is 1. The first kappa shape index (κ1) is 19.4. The van der Waals surface area contributed by atoms with Gasteiger partial charge in [-0.05, 0) is 54.3 Å². The minimum atomic E-state index is -0.269. The molecule has 0 aliphatic heterocycles. The van der Waals surface area contributed by atoms with E-state index in [9.17, 15) is 9.18 Å². The Kier molecular flexibility index (Phi) is 6.62. The maximum absolute atomic E-state index is 12.9. The topological polar surface area (TPSA) is 71.0 Å². The predicted octanol–water partition coefficient (Wildman–Crippen LogP) is 2.66. The van der Waals surface area contributed by atoms with E-state index in [-0.39, 0.29) is 11.7 Å². The molecule has 0 atom stereocenters. The summed E-state index contributed by atoms with van der Waals surface area (Å²) in [4.78, 5) is 26.9. The van der Waals surface area contributed by atoms with E-state index in [1.807, 2.05) is 24.1 Å². The van der Waals surface area contributed by atoms with Gasteiger partial charge in [-0.2, -0.15) is 0 Å². The highest BCUT2D eigenvalue weighted by Crippen LogP contribution is 2.08. The first-order valence-corrected chi connectivity index (χ1v) is 9.07. The molecule has 0 radical (unpaired) electrons. The van der Waals surface area contributed by atoms with Gasteiger partial charge in [0.15, 0.2) is 0 Å². The van der Waals surface area contributed by atoms with Gasteiger partial charge < -0.3 is 10.2 Å². The third kappa shape index (κ3) is 5.57. The lowest BCUT2D eigenvalue weighted by molar-refractivity contribution is 0.0949. The van der Waals surface area contributed by atoms with Crippen molar-refractivity contribution in [2.75, 3.05) is 25.0 Å². The normalized spacial score (nSPS) is 10.5. The Morgan fingerprint density at radius 1 is 1.00 bits per heavy atom. The van der Waals surface area contributed by atoms with Crippen LogP contribution in [0.2, 0.25) is 0 Å². The fourth-order valence-corrected chi connectivity index (χ4v) is 2.67. The average Bonchev–Trinajstić information content (AvgIpc) is 2.74. The molecule has 0 spiro atoms. The Bertz CT molecular complexity index is 902. The Hall–Kier alpha value is -3.35. The van der Waals surface area contributed by atoms with E-state index in [2.05, 4.69) is 20.3 Å². The molecule has 3 aromatic rings. The Balaban J connectivity index is 1.52. The van der Waals surface area contributed by atoms with Gasteiger partial charge in [-0.3, -0.25) is 9.78 Å². The Morgan fingerprint density at radius 2 is 1.71 bits per heavy atom. The van der Waals surface area contributed by atoms with Crippen LogP contribution in [0.4, 0.5) is 10.3 Å². The molecule has 3 rings (SSSR count). The van der Waals surface area contributed by atoms with Gasteiger partial charge in [0.2, 0.25) is 5.95 Å². The summed E-state index contributed by atoms with van der Waals surface area (Å²) in [5, 5.41) is 2.84. The van der Waals surface area contributed by atoms with Crippen molar-refractivity contribution in [2.24, 2.45) is 0 Å². The van der Waals surface area contributed by atoms with Crippen molar-refractivity contribution >= 4 is 11.9 Å². The van der Waals surface area contributed by atoms with Gasteiger partial charge in [-0.25, -0.2) is 14.4 Å². The minimum Gasteiger partial charge on any atom is -0.350 e. The molecule has 144 valence electrons. The molecule has 0 fully saturated rings. The van der Waals surface area contributed by atoms with Gasteiger partial charge in [0.25, 0.3) is 5.91 Å². The van der Waals surface area contributed by atoms with Crippen LogP contribution in [-0.2, 0) is 12.8 Å². The number of halogens is 1. The minimum absolute atomic E-state index is 0.256. The molecule has 1 aromatic carbocycles. The first-order valence-electron chi connectivity index (χ1n) is 9.07. The highest BCUT2D eigenvalue weighted by molar-refractivity contribution is 5.92. The van der Waals surface area contributed by atoms with Gasteiger partial charge in [0, 0.05) is 38.7 Å². The second kappa shape index (κ2) is 9.55. The maximum atomic E-state index is 12.9. The molecule has 1 N–H and O–H groups in total. The number of rotatable bonds is 8. The maximum Gasteiger partial charge on any atom is 0.270 e. The predicted molar refractivity (Wildman–Crippen MR) is 106 cm³/mol. The molecule has 0 saturated heterocycles. The third-order valence-electron chi connectivity index (χ3n) is 4.31. The van der Waals surface area contributed by atoms with E-state index in [1.54, 1.807) is 36.8 Å². The number of hydrogen-bond donors (Lipinski definition) is 1. The van der Waals surface area contributed by atoms with Crippen LogP contribution in [0.25, 0.3) is 0 Å². The van der Waals surface area contributed by atoms with Crippen LogP contribution < -0.4 is 10.2 Å². The molecular formula is C21H22FN5O. The van der Waals surface area contributed by atoms with E-state index in [4.69, 9.17) is 0 Å². The smallest absolute Gasteiger partial charge is 0.270 e. The fraction of sp³-hybridized carbons (Fsp3) is 0.238. The molecule has 0 unspecified atom stereocenters. The summed E-state index contributed by atoms with van der Waals surface area (Å²) in [5.41, 5.74) is 2.46. The first-order chi connectivity index (χ1) is 13.6. The molecule has 0 aliphatic carbocycles. The molecule has 0 saturated carbocycles. The summed E-state index contributed by atoms with van der Waals surface area (Å²) in [6.07, 6.45) is 6.57. The molecule has 2 aromatic heterocycles. The highest BCUT2D eigenvalue weighted by Gasteiger charge is 2.11. The number of benzene rings is 1.